The maximum Gasteiger partial charge on any atom is 0.0127 e. The first kappa shape index (κ1) is 5.36. The fraction of sp³-hybridized carbons (Fsp3) is 0.125. The lowest BCUT2D eigenvalue weighted by Crippen LogP contribution is -1.76. The summed E-state index contributed by atoms with van der Waals surface area (Å²) in [6, 6.07) is 0. The van der Waals surface area contributed by atoms with Crippen molar-refractivity contribution in [3.8, 4) is 0 Å². The normalized spacial score (nSPS) is 16.4. The van der Waals surface area contributed by atoms with Gasteiger partial charge in [-0.05, 0) is 12.5 Å². The lowest BCUT2D eigenvalue weighted by Gasteiger charge is -1.94. The van der Waals surface area contributed by atoms with Gasteiger partial charge in [0, 0.05) is 6.42 Å². The van der Waals surface area contributed by atoms with Crippen LogP contribution in [0.2, 0.25) is 0 Å². The Labute approximate surface area is 50.2 Å². The average molecular weight is 105 g/mol. The highest BCUT2D eigenvalue weighted by molar-refractivity contribution is 5.44. The molecule has 0 saturated carbocycles. The summed E-state index contributed by atoms with van der Waals surface area (Å²) < 4.78 is 0. The van der Waals surface area contributed by atoms with Gasteiger partial charge in [-0.2, -0.15) is 0 Å². The minimum atomic E-state index is 1.13. The highest BCUT2D eigenvalue weighted by Gasteiger charge is 1.97. The molecule has 41 valence electrons. The van der Waals surface area contributed by atoms with E-state index in [2.05, 4.69) is 19.1 Å². The van der Waals surface area contributed by atoms with Crippen molar-refractivity contribution in [2.75, 3.05) is 0 Å². The van der Waals surface area contributed by atoms with E-state index in [1.54, 1.807) is 0 Å². The van der Waals surface area contributed by atoms with Gasteiger partial charge >= 0.3 is 0 Å². The van der Waals surface area contributed by atoms with Crippen LogP contribution in [0.3, 0.4) is 0 Å². The van der Waals surface area contributed by atoms with Crippen LogP contribution < -0.4 is 0 Å². The fourth-order valence-corrected chi connectivity index (χ4v) is 0.659. The number of allylic oxidation sites excluding steroid dienone is 5. The summed E-state index contributed by atoms with van der Waals surface area (Å²) in [6.07, 6.45) is 8.15. The van der Waals surface area contributed by atoms with Gasteiger partial charge in [0.1, 0.15) is 0 Å². The van der Waals surface area contributed by atoms with Crippen LogP contribution in [0.25, 0.3) is 0 Å². The summed E-state index contributed by atoms with van der Waals surface area (Å²) in [4.78, 5) is 0. The molecule has 0 unspecified atom stereocenters. The van der Waals surface area contributed by atoms with Crippen LogP contribution in [0.4, 0.5) is 0 Å². The first-order valence-corrected chi connectivity index (χ1v) is 2.68. The van der Waals surface area contributed by atoms with Crippen molar-refractivity contribution in [3.05, 3.63) is 42.4 Å². The summed E-state index contributed by atoms with van der Waals surface area (Å²) >= 11 is 0. The van der Waals surface area contributed by atoms with E-state index in [0.717, 1.165) is 5.57 Å². The molecule has 1 aliphatic rings. The first-order valence-electron chi connectivity index (χ1n) is 2.68. The lowest BCUT2D eigenvalue weighted by molar-refractivity contribution is 1.43. The highest BCUT2D eigenvalue weighted by Crippen LogP contribution is 2.15. The van der Waals surface area contributed by atoms with Gasteiger partial charge in [0.25, 0.3) is 0 Å². The topological polar surface area (TPSA) is 0 Å². The summed E-state index contributed by atoms with van der Waals surface area (Å²) in [5, 5.41) is 0. The Morgan fingerprint density at radius 2 is 2.25 bits per heavy atom. The van der Waals surface area contributed by atoms with Crippen molar-refractivity contribution in [1.29, 1.82) is 0 Å². The number of hydrogen-bond donors (Lipinski definition) is 0. The Morgan fingerprint density at radius 1 is 1.50 bits per heavy atom. The summed E-state index contributed by atoms with van der Waals surface area (Å²) in [7, 11) is 0. The molecule has 0 fully saturated rings. The predicted octanol–water partition coefficient (Wildman–Crippen LogP) is 2.26. The molecule has 0 aliphatic heterocycles. The van der Waals surface area contributed by atoms with Crippen molar-refractivity contribution < 1.29 is 0 Å². The molecule has 1 rings (SSSR count). The highest BCUT2D eigenvalue weighted by atomic mass is 14.0. The number of rotatable bonds is 1. The standard InChI is InChI=1S/C8H9/c1-7(2)8-5-3-4-6-8/h3-6H,1H2,2H3. The van der Waals surface area contributed by atoms with Crippen LogP contribution in [-0.4, -0.2) is 0 Å². The molecule has 1 aliphatic carbocycles. The van der Waals surface area contributed by atoms with Crippen molar-refractivity contribution in [3.63, 3.8) is 0 Å². The van der Waals surface area contributed by atoms with Crippen LogP contribution in [0.15, 0.2) is 36.0 Å². The van der Waals surface area contributed by atoms with Gasteiger partial charge < -0.3 is 0 Å². The van der Waals surface area contributed by atoms with E-state index in [1.807, 2.05) is 19.1 Å². The van der Waals surface area contributed by atoms with Gasteiger partial charge in [-0.15, -0.1) is 0 Å². The second-order valence-corrected chi connectivity index (χ2v) is 1.95. The van der Waals surface area contributed by atoms with Gasteiger partial charge in [-0.3, -0.25) is 0 Å². The monoisotopic (exact) mass is 105 g/mol. The molecule has 0 nitrogen and oxygen atoms in total. The van der Waals surface area contributed by atoms with Crippen molar-refractivity contribution in [2.45, 2.75) is 6.92 Å². The number of hydrogen-bond acceptors (Lipinski definition) is 0. The molecule has 8 heavy (non-hydrogen) atoms. The third-order valence-electron chi connectivity index (χ3n) is 1.16. The Morgan fingerprint density at radius 3 is 2.50 bits per heavy atom. The maximum absolute atomic E-state index is 3.80. The van der Waals surface area contributed by atoms with Crippen LogP contribution >= 0.6 is 0 Å². The van der Waals surface area contributed by atoms with Crippen LogP contribution in [-0.2, 0) is 0 Å². The van der Waals surface area contributed by atoms with Gasteiger partial charge in [0.15, 0.2) is 0 Å². The van der Waals surface area contributed by atoms with E-state index in [0.29, 0.717) is 0 Å². The molecule has 1 radical (unpaired) electrons. The molecule has 0 aromatic heterocycles. The molecule has 0 saturated heterocycles. The molecule has 0 heterocycles. The Balaban J connectivity index is 2.64. The van der Waals surface area contributed by atoms with E-state index in [9.17, 15) is 0 Å². The van der Waals surface area contributed by atoms with Crippen LogP contribution in [0, 0.1) is 6.42 Å². The molecule has 0 atom stereocenters. The third kappa shape index (κ3) is 0.890. The van der Waals surface area contributed by atoms with Crippen LogP contribution in [0.5, 0.6) is 0 Å². The van der Waals surface area contributed by atoms with Gasteiger partial charge in [-0.25, -0.2) is 0 Å². The first-order chi connectivity index (χ1) is 3.80. The zero-order valence-corrected chi connectivity index (χ0v) is 5.02. The SMILES string of the molecule is C=C(C)C1=CC=C[CH]1. The van der Waals surface area contributed by atoms with E-state index < -0.39 is 0 Å². The van der Waals surface area contributed by atoms with E-state index in [4.69, 9.17) is 0 Å². The smallest absolute Gasteiger partial charge is 0.0127 e. The average Bonchev–Trinajstić information content (AvgIpc) is 2.12. The van der Waals surface area contributed by atoms with Gasteiger partial charge in [-0.1, -0.05) is 30.4 Å². The van der Waals surface area contributed by atoms with E-state index >= 15 is 0 Å². The molecule has 0 N–H and O–H groups in total. The summed E-state index contributed by atoms with van der Waals surface area (Å²) in [5.74, 6) is 0. The Bertz CT molecular complexity index is 159. The Hall–Kier alpha value is -0.780. The Kier molecular flexibility index (Phi) is 1.34. The summed E-state index contributed by atoms with van der Waals surface area (Å²) in [6.45, 7) is 5.81. The zero-order valence-electron chi connectivity index (χ0n) is 5.02. The minimum absolute atomic E-state index is 1.13. The molecule has 0 spiro atoms. The molecule has 0 heteroatoms. The molecular formula is C8H9. The quantitative estimate of drug-likeness (QED) is 0.480. The molecular weight excluding hydrogens is 96.1 g/mol. The zero-order chi connectivity index (χ0) is 5.98. The minimum Gasteiger partial charge on any atom is -0.0958 e. The summed E-state index contributed by atoms with van der Waals surface area (Å²) in [5.41, 5.74) is 2.38. The molecule has 0 aromatic carbocycles. The lowest BCUT2D eigenvalue weighted by atomic mass is 10.1. The van der Waals surface area contributed by atoms with Crippen molar-refractivity contribution >= 4 is 0 Å². The molecule has 0 bridgehead atoms. The fourth-order valence-electron chi connectivity index (χ4n) is 0.659. The molecule has 0 aromatic rings. The third-order valence-corrected chi connectivity index (χ3v) is 1.16. The van der Waals surface area contributed by atoms with Crippen molar-refractivity contribution in [2.24, 2.45) is 0 Å². The maximum atomic E-state index is 3.80. The van der Waals surface area contributed by atoms with E-state index in [1.165, 1.54) is 5.57 Å². The predicted molar refractivity (Wildman–Crippen MR) is 36.3 cm³/mol. The largest absolute Gasteiger partial charge is 0.0958 e. The van der Waals surface area contributed by atoms with E-state index in [-0.39, 0.29) is 0 Å². The second-order valence-electron chi connectivity index (χ2n) is 1.95. The van der Waals surface area contributed by atoms with Gasteiger partial charge in [0.05, 0.1) is 0 Å². The second kappa shape index (κ2) is 1.99. The molecule has 0 amide bonds. The van der Waals surface area contributed by atoms with Crippen molar-refractivity contribution in [1.82, 2.24) is 0 Å². The van der Waals surface area contributed by atoms with Crippen LogP contribution in [0.1, 0.15) is 6.92 Å². The van der Waals surface area contributed by atoms with Gasteiger partial charge in [0.2, 0.25) is 0 Å².